The Balaban J connectivity index is 1.83. The fourth-order valence-corrected chi connectivity index (χ4v) is 4.69. The molecule has 0 bridgehead atoms. The highest BCUT2D eigenvalue weighted by molar-refractivity contribution is 7.89. The lowest BCUT2D eigenvalue weighted by Crippen LogP contribution is -2.24. The van der Waals surface area contributed by atoms with Crippen LogP contribution in [0, 0.1) is 13.8 Å². The van der Waals surface area contributed by atoms with E-state index in [2.05, 4.69) is 5.32 Å². The summed E-state index contributed by atoms with van der Waals surface area (Å²) in [5, 5.41) is 2.85. The number of ether oxygens (including phenoxy) is 1. The maximum absolute atomic E-state index is 12.8. The number of anilines is 1. The predicted molar refractivity (Wildman–Crippen MR) is 114 cm³/mol. The Kier molecular flexibility index (Phi) is 6.29. The fourth-order valence-electron chi connectivity index (χ4n) is 3.47. The van der Waals surface area contributed by atoms with Crippen molar-refractivity contribution in [3.05, 3.63) is 53.1 Å². The third-order valence-electron chi connectivity index (χ3n) is 5.34. The number of amides is 1. The maximum atomic E-state index is 12.8. The van der Waals surface area contributed by atoms with Crippen LogP contribution in [0.5, 0.6) is 5.75 Å². The van der Waals surface area contributed by atoms with Crippen LogP contribution < -0.4 is 10.1 Å². The van der Waals surface area contributed by atoms with Crippen molar-refractivity contribution < 1.29 is 17.9 Å². The smallest absolute Gasteiger partial charge is 0.255 e. The molecule has 1 amide bonds. The lowest BCUT2D eigenvalue weighted by Gasteiger charge is -2.17. The number of carbonyl (C=O) groups is 1. The quantitative estimate of drug-likeness (QED) is 0.768. The van der Waals surface area contributed by atoms with Gasteiger partial charge >= 0.3 is 0 Å². The standard InChI is InChI=1S/C22H28N2O4S/c1-15-12-17(13-21(16(15)2)29(26,27)24(3)4)22(25)23-18-8-7-11-20(14-18)28-19-9-5-6-10-19/h7-8,11-14,19H,5-6,9-10H2,1-4H3,(H,23,25). The Morgan fingerprint density at radius 1 is 1.10 bits per heavy atom. The summed E-state index contributed by atoms with van der Waals surface area (Å²) in [6.45, 7) is 3.55. The summed E-state index contributed by atoms with van der Waals surface area (Å²) in [6.07, 6.45) is 4.72. The van der Waals surface area contributed by atoms with Crippen LogP contribution >= 0.6 is 0 Å². The Bertz CT molecular complexity index is 1010. The molecule has 0 aliphatic heterocycles. The molecule has 7 heteroatoms. The topological polar surface area (TPSA) is 75.7 Å². The zero-order valence-electron chi connectivity index (χ0n) is 17.4. The summed E-state index contributed by atoms with van der Waals surface area (Å²) >= 11 is 0. The van der Waals surface area contributed by atoms with Gasteiger partial charge in [-0.25, -0.2) is 12.7 Å². The van der Waals surface area contributed by atoms with E-state index in [9.17, 15) is 13.2 Å². The first-order chi connectivity index (χ1) is 13.7. The van der Waals surface area contributed by atoms with Crippen molar-refractivity contribution in [2.45, 2.75) is 50.5 Å². The van der Waals surface area contributed by atoms with E-state index in [0.29, 0.717) is 16.8 Å². The molecule has 0 radical (unpaired) electrons. The van der Waals surface area contributed by atoms with Gasteiger partial charge in [0.2, 0.25) is 10.0 Å². The number of hydrogen-bond donors (Lipinski definition) is 1. The normalized spacial score (nSPS) is 14.9. The summed E-state index contributed by atoms with van der Waals surface area (Å²) in [5.74, 6) is 0.368. The van der Waals surface area contributed by atoms with Gasteiger partial charge in [0, 0.05) is 31.4 Å². The van der Waals surface area contributed by atoms with E-state index < -0.39 is 10.0 Å². The Hall–Kier alpha value is -2.38. The van der Waals surface area contributed by atoms with E-state index >= 15 is 0 Å². The molecule has 2 aromatic carbocycles. The molecule has 0 saturated heterocycles. The molecule has 1 aliphatic rings. The lowest BCUT2D eigenvalue weighted by atomic mass is 10.1. The molecule has 29 heavy (non-hydrogen) atoms. The molecule has 0 heterocycles. The van der Waals surface area contributed by atoms with E-state index in [1.807, 2.05) is 12.1 Å². The van der Waals surface area contributed by atoms with Crippen molar-refractivity contribution in [1.29, 1.82) is 0 Å². The summed E-state index contributed by atoms with van der Waals surface area (Å²) in [5.41, 5.74) is 2.30. The van der Waals surface area contributed by atoms with Gasteiger partial charge in [-0.1, -0.05) is 6.07 Å². The molecule has 6 nitrogen and oxygen atoms in total. The molecule has 0 unspecified atom stereocenters. The van der Waals surface area contributed by atoms with Gasteiger partial charge < -0.3 is 10.1 Å². The van der Waals surface area contributed by atoms with Gasteiger partial charge in [-0.2, -0.15) is 0 Å². The Labute approximate surface area is 172 Å². The summed E-state index contributed by atoms with van der Waals surface area (Å²) in [6, 6.07) is 10.4. The summed E-state index contributed by atoms with van der Waals surface area (Å²) in [7, 11) is -0.688. The van der Waals surface area contributed by atoms with Gasteiger partial charge in [-0.05, 0) is 74.9 Å². The molecule has 0 atom stereocenters. The van der Waals surface area contributed by atoms with Crippen LogP contribution in [0.3, 0.4) is 0 Å². The van der Waals surface area contributed by atoms with Gasteiger partial charge in [0.05, 0.1) is 11.0 Å². The number of sulfonamides is 1. The molecule has 1 fully saturated rings. The largest absolute Gasteiger partial charge is 0.490 e. The van der Waals surface area contributed by atoms with Crippen molar-refractivity contribution in [2.75, 3.05) is 19.4 Å². The van der Waals surface area contributed by atoms with E-state index in [-0.39, 0.29) is 16.9 Å². The minimum Gasteiger partial charge on any atom is -0.490 e. The van der Waals surface area contributed by atoms with E-state index in [0.717, 1.165) is 28.5 Å². The Morgan fingerprint density at radius 3 is 2.45 bits per heavy atom. The van der Waals surface area contributed by atoms with Crippen molar-refractivity contribution in [1.82, 2.24) is 4.31 Å². The maximum Gasteiger partial charge on any atom is 0.255 e. The second kappa shape index (κ2) is 8.55. The number of rotatable bonds is 6. The van der Waals surface area contributed by atoms with Crippen LogP contribution in [0.15, 0.2) is 41.3 Å². The van der Waals surface area contributed by atoms with Crippen molar-refractivity contribution in [3.63, 3.8) is 0 Å². The van der Waals surface area contributed by atoms with Crippen LogP contribution in [0.25, 0.3) is 0 Å². The number of carbonyl (C=O) groups excluding carboxylic acids is 1. The van der Waals surface area contributed by atoms with E-state index in [4.69, 9.17) is 4.74 Å². The van der Waals surface area contributed by atoms with Crippen LogP contribution in [0.4, 0.5) is 5.69 Å². The second-order valence-corrected chi connectivity index (χ2v) is 9.83. The average Bonchev–Trinajstić information content (AvgIpc) is 3.16. The average molecular weight is 417 g/mol. The number of benzene rings is 2. The van der Waals surface area contributed by atoms with Crippen LogP contribution in [-0.2, 0) is 10.0 Å². The summed E-state index contributed by atoms with van der Waals surface area (Å²) < 4.78 is 32.4. The zero-order chi connectivity index (χ0) is 21.2. The van der Waals surface area contributed by atoms with Crippen LogP contribution in [-0.4, -0.2) is 38.8 Å². The SMILES string of the molecule is Cc1cc(C(=O)Nc2cccc(OC3CCCC3)c2)cc(S(=O)(=O)N(C)C)c1C. The number of aryl methyl sites for hydroxylation is 1. The number of nitrogens with zero attached hydrogens (tertiary/aromatic N) is 1. The first-order valence-corrected chi connectivity index (χ1v) is 11.2. The zero-order valence-corrected chi connectivity index (χ0v) is 18.2. The highest BCUT2D eigenvalue weighted by Gasteiger charge is 2.23. The first kappa shape index (κ1) is 21.3. The van der Waals surface area contributed by atoms with Gasteiger partial charge in [0.25, 0.3) is 5.91 Å². The molecule has 1 N–H and O–H groups in total. The molecule has 0 spiro atoms. The first-order valence-electron chi connectivity index (χ1n) is 9.80. The molecule has 0 aromatic heterocycles. The van der Waals surface area contributed by atoms with Crippen LogP contribution in [0.1, 0.15) is 47.2 Å². The highest BCUT2D eigenvalue weighted by Crippen LogP contribution is 2.27. The van der Waals surface area contributed by atoms with E-state index in [1.165, 1.54) is 33.0 Å². The van der Waals surface area contributed by atoms with Gasteiger partial charge in [0.1, 0.15) is 5.75 Å². The molecule has 3 rings (SSSR count). The molecular weight excluding hydrogens is 388 g/mol. The molecule has 1 saturated carbocycles. The van der Waals surface area contributed by atoms with E-state index in [1.54, 1.807) is 32.0 Å². The minimum absolute atomic E-state index is 0.144. The second-order valence-electron chi connectivity index (χ2n) is 7.71. The lowest BCUT2D eigenvalue weighted by molar-refractivity contribution is 0.102. The Morgan fingerprint density at radius 2 is 1.79 bits per heavy atom. The fraction of sp³-hybridized carbons (Fsp3) is 0.409. The third-order valence-corrected chi connectivity index (χ3v) is 7.28. The molecule has 156 valence electrons. The molecule has 2 aromatic rings. The summed E-state index contributed by atoms with van der Waals surface area (Å²) in [4.78, 5) is 13.0. The van der Waals surface area contributed by atoms with Crippen LogP contribution in [0.2, 0.25) is 0 Å². The van der Waals surface area contributed by atoms with Crippen molar-refractivity contribution >= 4 is 21.6 Å². The van der Waals surface area contributed by atoms with Crippen molar-refractivity contribution in [3.8, 4) is 5.75 Å². The molecule has 1 aliphatic carbocycles. The highest BCUT2D eigenvalue weighted by atomic mass is 32.2. The minimum atomic E-state index is -3.65. The molecular formula is C22H28N2O4S. The van der Waals surface area contributed by atoms with Gasteiger partial charge in [-0.3, -0.25) is 4.79 Å². The third kappa shape index (κ3) is 4.79. The monoisotopic (exact) mass is 416 g/mol. The van der Waals surface area contributed by atoms with Gasteiger partial charge in [0.15, 0.2) is 0 Å². The predicted octanol–water partition coefficient (Wildman–Crippen LogP) is 4.13. The number of hydrogen-bond acceptors (Lipinski definition) is 4. The van der Waals surface area contributed by atoms with Crippen molar-refractivity contribution in [2.24, 2.45) is 0 Å². The number of nitrogens with one attached hydrogen (secondary N) is 1. The van der Waals surface area contributed by atoms with Gasteiger partial charge in [-0.15, -0.1) is 0 Å².